The van der Waals surface area contributed by atoms with Crippen LogP contribution in [0.4, 0.5) is 5.69 Å². The van der Waals surface area contributed by atoms with Crippen LogP contribution in [0, 0.1) is 18.3 Å². The average molecular weight is 447 g/mol. The molecule has 1 aliphatic rings. The van der Waals surface area contributed by atoms with E-state index in [1.54, 1.807) is 12.5 Å². The molecule has 0 N–H and O–H groups in total. The molecule has 1 aromatic carbocycles. The van der Waals surface area contributed by atoms with Gasteiger partial charge in [0.15, 0.2) is 0 Å². The molecule has 0 amide bonds. The van der Waals surface area contributed by atoms with E-state index in [1.807, 2.05) is 50.8 Å². The minimum atomic E-state index is 0.354. The summed E-state index contributed by atoms with van der Waals surface area (Å²) in [5.41, 5.74) is 4.23. The second-order valence-electron chi connectivity index (χ2n) is 8.75. The van der Waals surface area contributed by atoms with Crippen LogP contribution < -0.4 is 9.64 Å². The van der Waals surface area contributed by atoms with E-state index in [0.717, 1.165) is 60.8 Å². The van der Waals surface area contributed by atoms with E-state index >= 15 is 0 Å². The zero-order valence-corrected chi connectivity index (χ0v) is 19.7. The Labute approximate surface area is 194 Å². The lowest BCUT2D eigenvalue weighted by molar-refractivity contribution is 0.261. The van der Waals surface area contributed by atoms with E-state index in [9.17, 15) is 5.26 Å². The van der Waals surface area contributed by atoms with E-state index in [-0.39, 0.29) is 0 Å². The lowest BCUT2D eigenvalue weighted by atomic mass is 9.93. The molecule has 0 aliphatic carbocycles. The maximum absolute atomic E-state index is 10.2. The maximum atomic E-state index is 10.2. The zero-order chi connectivity index (χ0) is 23.4. The summed E-state index contributed by atoms with van der Waals surface area (Å²) in [6, 6.07) is 8.37. The molecule has 3 heterocycles. The largest absolute Gasteiger partial charge is 0.491 e. The van der Waals surface area contributed by atoms with Crippen molar-refractivity contribution in [3.63, 3.8) is 0 Å². The van der Waals surface area contributed by atoms with Crippen molar-refractivity contribution in [3.05, 3.63) is 47.8 Å². The molecule has 4 rings (SSSR count). The van der Waals surface area contributed by atoms with Crippen LogP contribution in [0.5, 0.6) is 5.75 Å². The van der Waals surface area contributed by atoms with Crippen molar-refractivity contribution in [2.45, 2.75) is 25.7 Å². The van der Waals surface area contributed by atoms with Gasteiger partial charge in [-0.2, -0.15) is 15.5 Å². The van der Waals surface area contributed by atoms with E-state index in [4.69, 9.17) is 4.74 Å². The summed E-state index contributed by atoms with van der Waals surface area (Å²) in [4.78, 5) is 4.36. The van der Waals surface area contributed by atoms with Crippen molar-refractivity contribution in [2.24, 2.45) is 7.05 Å². The van der Waals surface area contributed by atoms with Gasteiger partial charge in [0.1, 0.15) is 36.1 Å². The molecule has 172 valence electrons. The SMILES string of the molecule is Cc1cc(-c2ccc(OCCN(C)C)c(C#N)c2N2CCC(c3nncn3C)CC2)cnn1. The maximum Gasteiger partial charge on any atom is 0.139 e. The summed E-state index contributed by atoms with van der Waals surface area (Å²) >= 11 is 0. The number of anilines is 1. The minimum Gasteiger partial charge on any atom is -0.491 e. The first-order valence-corrected chi connectivity index (χ1v) is 11.2. The van der Waals surface area contributed by atoms with Crippen molar-refractivity contribution in [1.82, 2.24) is 29.9 Å². The predicted octanol–water partition coefficient (Wildman–Crippen LogP) is 2.78. The summed E-state index contributed by atoms with van der Waals surface area (Å²) in [6.07, 6.45) is 5.39. The Hall–Kier alpha value is -3.51. The van der Waals surface area contributed by atoms with Gasteiger partial charge >= 0.3 is 0 Å². The predicted molar refractivity (Wildman–Crippen MR) is 126 cm³/mol. The number of piperidine rings is 1. The highest BCUT2D eigenvalue weighted by Gasteiger charge is 2.28. The average Bonchev–Trinajstić information content (AvgIpc) is 3.24. The molecule has 1 saturated heterocycles. The third-order valence-electron chi connectivity index (χ3n) is 6.06. The second kappa shape index (κ2) is 9.96. The fourth-order valence-electron chi connectivity index (χ4n) is 4.34. The number of hydrogen-bond acceptors (Lipinski definition) is 8. The molecular formula is C24H30N8O. The molecule has 0 bridgehead atoms. The molecular weight excluding hydrogens is 416 g/mol. The normalized spacial score (nSPS) is 14.5. The third-order valence-corrected chi connectivity index (χ3v) is 6.06. The van der Waals surface area contributed by atoms with Crippen LogP contribution in [0.1, 0.15) is 35.8 Å². The highest BCUT2D eigenvalue weighted by Crippen LogP contribution is 2.41. The smallest absolute Gasteiger partial charge is 0.139 e. The van der Waals surface area contributed by atoms with Crippen LogP contribution in [-0.2, 0) is 7.05 Å². The van der Waals surface area contributed by atoms with Gasteiger partial charge in [-0.3, -0.25) is 0 Å². The number of aromatic nitrogens is 5. The van der Waals surface area contributed by atoms with Crippen LogP contribution in [0.3, 0.4) is 0 Å². The molecule has 0 unspecified atom stereocenters. The number of aryl methyl sites for hydroxylation is 2. The molecule has 0 saturated carbocycles. The van der Waals surface area contributed by atoms with Gasteiger partial charge in [0.05, 0.1) is 17.6 Å². The van der Waals surface area contributed by atoms with Gasteiger partial charge in [-0.05, 0) is 52.1 Å². The molecule has 0 atom stereocenters. The first kappa shape index (κ1) is 22.7. The molecule has 1 aliphatic heterocycles. The molecule has 0 radical (unpaired) electrons. The van der Waals surface area contributed by atoms with Crippen molar-refractivity contribution in [1.29, 1.82) is 5.26 Å². The Bertz CT molecular complexity index is 1140. The minimum absolute atomic E-state index is 0.354. The Balaban J connectivity index is 1.69. The zero-order valence-electron chi connectivity index (χ0n) is 19.7. The van der Waals surface area contributed by atoms with Gasteiger partial charge in [-0.25, -0.2) is 0 Å². The number of ether oxygens (including phenoxy) is 1. The fourth-order valence-corrected chi connectivity index (χ4v) is 4.34. The van der Waals surface area contributed by atoms with Crippen molar-refractivity contribution < 1.29 is 4.74 Å². The Morgan fingerprint density at radius 3 is 2.61 bits per heavy atom. The van der Waals surface area contributed by atoms with Gasteiger partial charge in [-0.1, -0.05) is 0 Å². The number of rotatable bonds is 7. The van der Waals surface area contributed by atoms with E-state index in [0.29, 0.717) is 23.8 Å². The molecule has 0 spiro atoms. The number of nitriles is 1. The van der Waals surface area contributed by atoms with E-state index in [1.165, 1.54) is 0 Å². The number of likely N-dealkylation sites (N-methyl/N-ethyl adjacent to an activating group) is 1. The van der Waals surface area contributed by atoms with Gasteiger partial charge in [0.2, 0.25) is 0 Å². The summed E-state index contributed by atoms with van der Waals surface area (Å²) in [5.74, 6) is 1.99. The molecule has 9 heteroatoms. The summed E-state index contributed by atoms with van der Waals surface area (Å²) in [6.45, 7) is 4.85. The first-order chi connectivity index (χ1) is 16.0. The molecule has 9 nitrogen and oxygen atoms in total. The van der Waals surface area contributed by atoms with Crippen LogP contribution in [0.25, 0.3) is 11.1 Å². The highest BCUT2D eigenvalue weighted by molar-refractivity contribution is 5.85. The van der Waals surface area contributed by atoms with Crippen molar-refractivity contribution >= 4 is 5.69 Å². The van der Waals surface area contributed by atoms with Crippen LogP contribution in [0.15, 0.2) is 30.7 Å². The number of hydrogen-bond donors (Lipinski definition) is 0. The van der Waals surface area contributed by atoms with Gasteiger partial charge in [-0.15, -0.1) is 10.2 Å². The Morgan fingerprint density at radius 1 is 1.18 bits per heavy atom. The number of benzene rings is 1. The van der Waals surface area contributed by atoms with Gasteiger partial charge < -0.3 is 19.1 Å². The van der Waals surface area contributed by atoms with Crippen molar-refractivity contribution in [2.75, 3.05) is 45.2 Å². The van der Waals surface area contributed by atoms with E-state index < -0.39 is 0 Å². The van der Waals surface area contributed by atoms with Crippen LogP contribution >= 0.6 is 0 Å². The second-order valence-corrected chi connectivity index (χ2v) is 8.75. The summed E-state index contributed by atoms with van der Waals surface area (Å²) in [7, 11) is 5.99. The lowest BCUT2D eigenvalue weighted by Crippen LogP contribution is -2.34. The van der Waals surface area contributed by atoms with Gasteiger partial charge in [0.25, 0.3) is 0 Å². The molecule has 2 aromatic heterocycles. The van der Waals surface area contributed by atoms with Crippen molar-refractivity contribution in [3.8, 4) is 22.9 Å². The number of nitrogens with zero attached hydrogens (tertiary/aromatic N) is 8. The Kier molecular flexibility index (Phi) is 6.84. The summed E-state index contributed by atoms with van der Waals surface area (Å²) < 4.78 is 8.04. The first-order valence-electron chi connectivity index (χ1n) is 11.2. The molecule has 1 fully saturated rings. The monoisotopic (exact) mass is 446 g/mol. The standard InChI is InChI=1S/C24H30N8O/c1-17-13-19(15-26-28-17)20-5-6-22(33-12-11-30(2)3)21(14-25)23(20)32-9-7-18(8-10-32)24-29-27-16-31(24)4/h5-6,13,15-16,18H,7-12H2,1-4H3. The highest BCUT2D eigenvalue weighted by atomic mass is 16.5. The Morgan fingerprint density at radius 2 is 1.97 bits per heavy atom. The quantitative estimate of drug-likeness (QED) is 0.547. The lowest BCUT2D eigenvalue weighted by Gasteiger charge is -2.35. The third kappa shape index (κ3) is 4.96. The van der Waals surface area contributed by atoms with E-state index in [2.05, 4.69) is 36.3 Å². The van der Waals surface area contributed by atoms with Gasteiger partial charge in [0, 0.05) is 43.7 Å². The molecule has 3 aromatic rings. The summed E-state index contributed by atoms with van der Waals surface area (Å²) in [5, 5.41) is 26.8. The fraction of sp³-hybridized carbons (Fsp3) is 0.458. The topological polar surface area (TPSA) is 96.0 Å². The molecule has 33 heavy (non-hydrogen) atoms. The van der Waals surface area contributed by atoms with Crippen LogP contribution in [0.2, 0.25) is 0 Å². The van der Waals surface area contributed by atoms with Crippen LogP contribution in [-0.4, -0.2) is 70.2 Å².